The fraction of sp³-hybridized carbons (Fsp3) is 0.360. The van der Waals surface area contributed by atoms with E-state index in [1.165, 1.54) is 19.1 Å². The Labute approximate surface area is 200 Å². The molecule has 2 heterocycles. The number of nitrogens with zero attached hydrogens (tertiary/aromatic N) is 1. The van der Waals surface area contributed by atoms with Gasteiger partial charge in [-0.25, -0.2) is 8.78 Å². The number of benzene rings is 2. The number of piperidine rings is 1. The van der Waals surface area contributed by atoms with Crippen molar-refractivity contribution in [1.82, 2.24) is 15.8 Å². The highest BCUT2D eigenvalue weighted by Crippen LogP contribution is 2.44. The molecule has 174 valence electrons. The lowest BCUT2D eigenvalue weighted by molar-refractivity contribution is -0.118. The summed E-state index contributed by atoms with van der Waals surface area (Å²) in [6, 6.07) is 12.2. The highest BCUT2D eigenvalue weighted by Gasteiger charge is 2.35. The van der Waals surface area contributed by atoms with Gasteiger partial charge in [0.05, 0.1) is 4.47 Å². The van der Waals surface area contributed by atoms with Gasteiger partial charge in [-0.1, -0.05) is 35.5 Å². The molecule has 1 fully saturated rings. The van der Waals surface area contributed by atoms with Crippen LogP contribution in [0.25, 0.3) is 11.3 Å². The van der Waals surface area contributed by atoms with E-state index in [1.807, 2.05) is 24.3 Å². The summed E-state index contributed by atoms with van der Waals surface area (Å²) in [6.07, 6.45) is 1.41. The standard InChI is InChI=1S/C25H26BrF2N3O2/c1-14-11-19(17-7-8-21(27)22(28)12-17)20(13-30-14)24-23(26)25(33-31-24)18-6-4-3-5-16(18)9-10-29-15(2)32/h3-8,12,14,19-20,30H,9-11,13H2,1-2H3,(H,29,32)/t14-,19-,20-/m0/s1. The number of halogens is 3. The van der Waals surface area contributed by atoms with Gasteiger partial charge in [0.25, 0.3) is 0 Å². The van der Waals surface area contributed by atoms with Gasteiger partial charge in [-0.15, -0.1) is 0 Å². The first kappa shape index (κ1) is 23.6. The van der Waals surface area contributed by atoms with Crippen LogP contribution >= 0.6 is 15.9 Å². The van der Waals surface area contributed by atoms with Gasteiger partial charge < -0.3 is 15.2 Å². The van der Waals surface area contributed by atoms with Gasteiger partial charge in [-0.2, -0.15) is 0 Å². The number of carbonyl (C=O) groups is 1. The number of hydrogen-bond donors (Lipinski definition) is 2. The van der Waals surface area contributed by atoms with Crippen molar-refractivity contribution in [2.45, 2.75) is 44.6 Å². The molecule has 4 rings (SSSR count). The van der Waals surface area contributed by atoms with E-state index in [9.17, 15) is 13.6 Å². The smallest absolute Gasteiger partial charge is 0.216 e. The minimum absolute atomic E-state index is 0.0411. The van der Waals surface area contributed by atoms with E-state index in [1.54, 1.807) is 6.07 Å². The minimum Gasteiger partial charge on any atom is -0.356 e. The largest absolute Gasteiger partial charge is 0.356 e. The molecule has 5 nitrogen and oxygen atoms in total. The van der Waals surface area contributed by atoms with E-state index < -0.39 is 11.6 Å². The van der Waals surface area contributed by atoms with Crippen LogP contribution in [0.3, 0.4) is 0 Å². The molecule has 8 heteroatoms. The maximum atomic E-state index is 14.0. The molecule has 1 saturated heterocycles. The lowest BCUT2D eigenvalue weighted by Gasteiger charge is -2.35. The van der Waals surface area contributed by atoms with Crippen LogP contribution in [-0.2, 0) is 11.2 Å². The molecule has 3 atom stereocenters. The topological polar surface area (TPSA) is 67.2 Å². The summed E-state index contributed by atoms with van der Waals surface area (Å²) in [4.78, 5) is 11.2. The number of hydrogen-bond acceptors (Lipinski definition) is 4. The second-order valence-corrected chi connectivity index (χ2v) is 9.33. The monoisotopic (exact) mass is 517 g/mol. The van der Waals surface area contributed by atoms with Gasteiger partial charge in [0.15, 0.2) is 17.4 Å². The molecule has 2 N–H and O–H groups in total. The second kappa shape index (κ2) is 10.1. The van der Waals surface area contributed by atoms with Crippen LogP contribution in [0.1, 0.15) is 48.9 Å². The van der Waals surface area contributed by atoms with Gasteiger partial charge in [0, 0.05) is 37.5 Å². The summed E-state index contributed by atoms with van der Waals surface area (Å²) in [5.74, 6) is -1.27. The summed E-state index contributed by atoms with van der Waals surface area (Å²) >= 11 is 3.70. The molecule has 1 amide bonds. The number of nitrogens with one attached hydrogen (secondary N) is 2. The van der Waals surface area contributed by atoms with Crippen molar-refractivity contribution in [3.63, 3.8) is 0 Å². The first-order valence-corrected chi connectivity index (χ1v) is 11.8. The second-order valence-electron chi connectivity index (χ2n) is 8.53. The predicted octanol–water partition coefficient (Wildman–Crippen LogP) is 5.31. The summed E-state index contributed by atoms with van der Waals surface area (Å²) in [7, 11) is 0. The van der Waals surface area contributed by atoms with Crippen LogP contribution in [0.15, 0.2) is 51.5 Å². The molecular weight excluding hydrogens is 492 g/mol. The molecule has 3 aromatic rings. The van der Waals surface area contributed by atoms with Gasteiger partial charge in [0.1, 0.15) is 5.69 Å². The highest BCUT2D eigenvalue weighted by molar-refractivity contribution is 9.10. The lowest BCUT2D eigenvalue weighted by atomic mass is 9.77. The van der Waals surface area contributed by atoms with E-state index in [0.29, 0.717) is 25.3 Å². The Kier molecular flexibility index (Phi) is 7.24. The quantitative estimate of drug-likeness (QED) is 0.464. The SMILES string of the molecule is CC(=O)NCCc1ccccc1-c1onc([C@H]2CN[C@@H](C)C[C@H]2c2ccc(F)c(F)c2)c1Br. The van der Waals surface area contributed by atoms with Crippen LogP contribution in [0, 0.1) is 11.6 Å². The number of amides is 1. The Hall–Kier alpha value is -2.58. The van der Waals surface area contributed by atoms with Crippen LogP contribution in [0.5, 0.6) is 0 Å². The van der Waals surface area contributed by atoms with Crippen molar-refractivity contribution in [2.75, 3.05) is 13.1 Å². The molecule has 2 aromatic carbocycles. The van der Waals surface area contributed by atoms with Crippen LogP contribution < -0.4 is 10.6 Å². The van der Waals surface area contributed by atoms with E-state index in [-0.39, 0.29) is 23.8 Å². The van der Waals surface area contributed by atoms with Crippen molar-refractivity contribution in [3.8, 4) is 11.3 Å². The average Bonchev–Trinajstić information content (AvgIpc) is 3.16. The summed E-state index contributed by atoms with van der Waals surface area (Å²) in [5.41, 5.74) is 3.42. The molecule has 1 aliphatic heterocycles. The van der Waals surface area contributed by atoms with Crippen molar-refractivity contribution in [3.05, 3.63) is 75.4 Å². The van der Waals surface area contributed by atoms with Gasteiger partial charge in [0.2, 0.25) is 5.91 Å². The van der Waals surface area contributed by atoms with Gasteiger partial charge >= 0.3 is 0 Å². The van der Waals surface area contributed by atoms with Crippen LogP contribution in [0.4, 0.5) is 8.78 Å². The summed E-state index contributed by atoms with van der Waals surface area (Å²) in [5, 5.41) is 10.7. The molecule has 0 bridgehead atoms. The molecule has 1 aliphatic rings. The van der Waals surface area contributed by atoms with Crippen molar-refractivity contribution >= 4 is 21.8 Å². The Morgan fingerprint density at radius 3 is 2.76 bits per heavy atom. The summed E-state index contributed by atoms with van der Waals surface area (Å²) in [6.45, 7) is 4.73. The van der Waals surface area contributed by atoms with Crippen molar-refractivity contribution < 1.29 is 18.1 Å². The van der Waals surface area contributed by atoms with E-state index >= 15 is 0 Å². The Balaban J connectivity index is 1.66. The maximum Gasteiger partial charge on any atom is 0.216 e. The normalized spacial score (nSPS) is 20.6. The number of rotatable bonds is 6. The van der Waals surface area contributed by atoms with E-state index in [2.05, 4.69) is 38.6 Å². The Morgan fingerprint density at radius 2 is 2.00 bits per heavy atom. The van der Waals surface area contributed by atoms with E-state index in [0.717, 1.165) is 33.3 Å². The van der Waals surface area contributed by atoms with Crippen LogP contribution in [0.2, 0.25) is 0 Å². The molecule has 0 radical (unpaired) electrons. The third-order valence-electron chi connectivity index (χ3n) is 6.19. The van der Waals surface area contributed by atoms with Crippen LogP contribution in [-0.4, -0.2) is 30.2 Å². The number of carbonyl (C=O) groups excluding carboxylic acids is 1. The molecule has 0 saturated carbocycles. The third-order valence-corrected chi connectivity index (χ3v) is 6.96. The van der Waals surface area contributed by atoms with Gasteiger partial charge in [-0.3, -0.25) is 4.79 Å². The third kappa shape index (κ3) is 5.17. The zero-order valence-corrected chi connectivity index (χ0v) is 20.1. The number of aromatic nitrogens is 1. The summed E-state index contributed by atoms with van der Waals surface area (Å²) < 4.78 is 34.1. The molecule has 0 unspecified atom stereocenters. The first-order valence-electron chi connectivity index (χ1n) is 11.0. The van der Waals surface area contributed by atoms with Crippen molar-refractivity contribution in [2.24, 2.45) is 0 Å². The zero-order chi connectivity index (χ0) is 23.5. The minimum atomic E-state index is -0.849. The average molecular weight is 518 g/mol. The Morgan fingerprint density at radius 1 is 1.21 bits per heavy atom. The molecule has 0 aliphatic carbocycles. The Bertz CT molecular complexity index is 1150. The zero-order valence-electron chi connectivity index (χ0n) is 18.5. The molecular formula is C25H26BrF2N3O2. The highest BCUT2D eigenvalue weighted by atomic mass is 79.9. The predicted molar refractivity (Wildman–Crippen MR) is 126 cm³/mol. The van der Waals surface area contributed by atoms with Crippen molar-refractivity contribution in [1.29, 1.82) is 0 Å². The van der Waals surface area contributed by atoms with E-state index in [4.69, 9.17) is 4.52 Å². The fourth-order valence-electron chi connectivity index (χ4n) is 4.52. The lowest BCUT2D eigenvalue weighted by Crippen LogP contribution is -2.40. The molecule has 33 heavy (non-hydrogen) atoms. The molecule has 0 spiro atoms. The molecule has 1 aromatic heterocycles. The first-order chi connectivity index (χ1) is 15.8. The maximum absolute atomic E-state index is 14.0. The van der Waals surface area contributed by atoms with Gasteiger partial charge in [-0.05, 0) is 64.9 Å². The fourth-order valence-corrected chi connectivity index (χ4v) is 5.17.